The van der Waals surface area contributed by atoms with Gasteiger partial charge in [-0.1, -0.05) is 0 Å². The molecule has 7 heteroatoms. The number of hydrogen-bond acceptors (Lipinski definition) is 6. The monoisotopic (exact) mass is 318 g/mol. The normalized spacial score (nSPS) is 13.2. The molecule has 0 fully saturated rings. The molecule has 21 heavy (non-hydrogen) atoms. The first-order valence-electron chi connectivity index (χ1n) is 6.76. The SMILES string of the molecule is CCOC(=O)C(OOC(C)(C)C)c1sc(C)cc1[NH2+]OC. The molecule has 0 aliphatic rings. The third-order valence-electron chi connectivity index (χ3n) is 2.29. The van der Waals surface area contributed by atoms with E-state index in [9.17, 15) is 4.79 Å². The third kappa shape index (κ3) is 5.72. The summed E-state index contributed by atoms with van der Waals surface area (Å²) in [6, 6.07) is 1.93. The van der Waals surface area contributed by atoms with Crippen molar-refractivity contribution in [3.63, 3.8) is 0 Å². The summed E-state index contributed by atoms with van der Waals surface area (Å²) in [6.07, 6.45) is -0.927. The standard InChI is InChI=1S/C14H23NO5S/c1-7-18-13(16)11(19-20-14(3,4)5)12-10(15-17-6)8-9(2)21-12/h8,11,15H,7H2,1-6H3/p+1. The predicted octanol–water partition coefficient (Wildman–Crippen LogP) is 2.16. The number of esters is 1. The van der Waals surface area contributed by atoms with Gasteiger partial charge in [0.05, 0.1) is 19.3 Å². The van der Waals surface area contributed by atoms with Crippen LogP contribution in [0.4, 0.5) is 5.69 Å². The van der Waals surface area contributed by atoms with E-state index in [1.165, 1.54) is 11.3 Å². The average molecular weight is 318 g/mol. The van der Waals surface area contributed by atoms with Crippen LogP contribution < -0.4 is 5.48 Å². The van der Waals surface area contributed by atoms with Gasteiger partial charge in [0, 0.05) is 10.9 Å². The van der Waals surface area contributed by atoms with E-state index in [0.717, 1.165) is 10.6 Å². The number of hydrogen-bond donors (Lipinski definition) is 1. The molecule has 0 aliphatic carbocycles. The largest absolute Gasteiger partial charge is 0.464 e. The van der Waals surface area contributed by atoms with Crippen LogP contribution in [0.3, 0.4) is 0 Å². The summed E-state index contributed by atoms with van der Waals surface area (Å²) in [4.78, 5) is 29.6. The molecule has 0 bridgehead atoms. The zero-order valence-corrected chi connectivity index (χ0v) is 14.2. The molecule has 0 radical (unpaired) electrons. The molecule has 0 amide bonds. The van der Waals surface area contributed by atoms with E-state index in [1.54, 1.807) is 19.5 Å². The van der Waals surface area contributed by atoms with Crippen molar-refractivity contribution in [2.24, 2.45) is 0 Å². The number of thiophene rings is 1. The molecule has 1 unspecified atom stereocenters. The summed E-state index contributed by atoms with van der Waals surface area (Å²) in [5.41, 5.74) is 1.84. The molecule has 1 atom stereocenters. The number of aryl methyl sites for hydroxylation is 1. The van der Waals surface area contributed by atoms with Crippen LogP contribution in [0.2, 0.25) is 0 Å². The minimum atomic E-state index is -0.927. The van der Waals surface area contributed by atoms with Crippen molar-refractivity contribution >= 4 is 23.0 Å². The Labute approximate surface area is 129 Å². The van der Waals surface area contributed by atoms with Gasteiger partial charge in [-0.2, -0.15) is 5.48 Å². The molecule has 1 aromatic rings. The van der Waals surface area contributed by atoms with Crippen LogP contribution in [-0.2, 0) is 24.1 Å². The van der Waals surface area contributed by atoms with Crippen molar-refractivity contribution in [1.82, 2.24) is 0 Å². The second kappa shape index (κ2) is 7.86. The molecule has 0 saturated carbocycles. The molecule has 2 N–H and O–H groups in total. The highest BCUT2D eigenvalue weighted by atomic mass is 32.1. The van der Waals surface area contributed by atoms with E-state index >= 15 is 0 Å². The van der Waals surface area contributed by atoms with Crippen molar-refractivity contribution in [1.29, 1.82) is 0 Å². The van der Waals surface area contributed by atoms with E-state index in [2.05, 4.69) is 0 Å². The van der Waals surface area contributed by atoms with Gasteiger partial charge in [-0.15, -0.1) is 11.3 Å². The summed E-state index contributed by atoms with van der Waals surface area (Å²) in [5, 5.41) is 0. The molecule has 1 heterocycles. The fraction of sp³-hybridized carbons (Fsp3) is 0.643. The van der Waals surface area contributed by atoms with Gasteiger partial charge in [0.15, 0.2) is 5.69 Å². The van der Waals surface area contributed by atoms with Crippen molar-refractivity contribution in [2.45, 2.75) is 46.3 Å². The summed E-state index contributed by atoms with van der Waals surface area (Å²) >= 11 is 1.45. The minimum Gasteiger partial charge on any atom is -0.464 e. The lowest BCUT2D eigenvalue weighted by Gasteiger charge is -2.21. The van der Waals surface area contributed by atoms with Crippen LogP contribution in [-0.4, -0.2) is 25.3 Å². The first kappa shape index (κ1) is 18.1. The van der Waals surface area contributed by atoms with Gasteiger partial charge in [-0.3, -0.25) is 0 Å². The first-order valence-corrected chi connectivity index (χ1v) is 7.57. The lowest BCUT2D eigenvalue weighted by Crippen LogP contribution is -2.76. The topological polar surface area (TPSA) is 70.6 Å². The number of carbonyl (C=O) groups excluding carboxylic acids is 1. The summed E-state index contributed by atoms with van der Waals surface area (Å²) in [5.74, 6) is -0.477. The number of nitrogens with two attached hydrogens (primary N) is 1. The predicted molar refractivity (Wildman–Crippen MR) is 78.9 cm³/mol. The molecule has 0 aromatic carbocycles. The molecule has 0 saturated heterocycles. The van der Waals surface area contributed by atoms with E-state index in [0.29, 0.717) is 4.88 Å². The molecular weight excluding hydrogens is 294 g/mol. The van der Waals surface area contributed by atoms with Crippen LogP contribution >= 0.6 is 11.3 Å². The fourth-order valence-corrected chi connectivity index (χ4v) is 2.58. The Morgan fingerprint density at radius 2 is 2.10 bits per heavy atom. The van der Waals surface area contributed by atoms with Crippen molar-refractivity contribution in [3.8, 4) is 0 Å². The number of rotatable bonds is 7. The number of carbonyl (C=O) groups is 1. The maximum absolute atomic E-state index is 12.2. The van der Waals surface area contributed by atoms with Crippen molar-refractivity contribution in [3.05, 3.63) is 15.8 Å². The third-order valence-corrected chi connectivity index (χ3v) is 3.40. The van der Waals surface area contributed by atoms with Gasteiger partial charge in [0.2, 0.25) is 6.10 Å². The molecule has 1 rings (SSSR count). The van der Waals surface area contributed by atoms with Gasteiger partial charge >= 0.3 is 5.97 Å². The first-order chi connectivity index (χ1) is 9.78. The van der Waals surface area contributed by atoms with Gasteiger partial charge in [0.1, 0.15) is 4.88 Å². The van der Waals surface area contributed by atoms with Crippen LogP contribution in [0.5, 0.6) is 0 Å². The van der Waals surface area contributed by atoms with Crippen molar-refractivity contribution in [2.75, 3.05) is 13.7 Å². The van der Waals surface area contributed by atoms with E-state index in [-0.39, 0.29) is 6.61 Å². The minimum absolute atomic E-state index is 0.280. The highest BCUT2D eigenvalue weighted by molar-refractivity contribution is 7.12. The molecule has 1 aromatic heterocycles. The molecule has 0 aliphatic heterocycles. The Balaban J connectivity index is 3.02. The second-order valence-electron chi connectivity index (χ2n) is 5.45. The maximum Gasteiger partial charge on any atom is 0.344 e. The Hall–Kier alpha value is -0.990. The van der Waals surface area contributed by atoms with Crippen LogP contribution in [0, 0.1) is 6.92 Å². The van der Waals surface area contributed by atoms with Crippen molar-refractivity contribution < 1.29 is 29.6 Å². The lowest BCUT2D eigenvalue weighted by molar-refractivity contribution is -0.830. The maximum atomic E-state index is 12.2. The second-order valence-corrected chi connectivity index (χ2v) is 6.74. The Morgan fingerprint density at radius 3 is 2.62 bits per heavy atom. The number of ether oxygens (including phenoxy) is 1. The fourth-order valence-electron chi connectivity index (χ4n) is 1.58. The zero-order valence-electron chi connectivity index (χ0n) is 13.4. The Bertz CT molecular complexity index is 466. The van der Waals surface area contributed by atoms with Crippen LogP contribution in [0.25, 0.3) is 0 Å². The van der Waals surface area contributed by atoms with E-state index in [4.69, 9.17) is 19.3 Å². The van der Waals surface area contributed by atoms with Gasteiger partial charge in [-0.05, 0) is 34.6 Å². The summed E-state index contributed by atoms with van der Waals surface area (Å²) < 4.78 is 5.07. The Kier molecular flexibility index (Phi) is 6.76. The molecule has 6 nitrogen and oxygen atoms in total. The van der Waals surface area contributed by atoms with Gasteiger partial charge in [0.25, 0.3) is 0 Å². The molecule has 0 spiro atoms. The Morgan fingerprint density at radius 1 is 1.43 bits per heavy atom. The van der Waals surface area contributed by atoms with Crippen LogP contribution in [0.1, 0.15) is 43.6 Å². The van der Waals surface area contributed by atoms with Crippen LogP contribution in [0.15, 0.2) is 6.07 Å². The summed E-state index contributed by atoms with van der Waals surface area (Å²) in [7, 11) is 1.56. The molecular formula is C14H24NO5S+. The van der Waals surface area contributed by atoms with Gasteiger partial charge < -0.3 is 4.74 Å². The highest BCUT2D eigenvalue weighted by Crippen LogP contribution is 2.33. The average Bonchev–Trinajstić information content (AvgIpc) is 2.70. The quantitative estimate of drug-likeness (QED) is 0.474. The smallest absolute Gasteiger partial charge is 0.344 e. The number of quaternary nitrogens is 1. The van der Waals surface area contributed by atoms with E-state index < -0.39 is 17.7 Å². The zero-order chi connectivity index (χ0) is 16.0. The highest BCUT2D eigenvalue weighted by Gasteiger charge is 2.32. The van der Waals surface area contributed by atoms with Gasteiger partial charge in [-0.25, -0.2) is 19.4 Å². The van der Waals surface area contributed by atoms with E-state index in [1.807, 2.05) is 33.8 Å². The lowest BCUT2D eigenvalue weighted by atomic mass is 10.2. The summed E-state index contributed by atoms with van der Waals surface area (Å²) in [6.45, 7) is 9.52. The molecule has 120 valence electrons.